The van der Waals surface area contributed by atoms with Gasteiger partial charge in [0.1, 0.15) is 4.88 Å². The van der Waals surface area contributed by atoms with Gasteiger partial charge in [0.15, 0.2) is 5.51 Å². The van der Waals surface area contributed by atoms with Crippen molar-refractivity contribution in [3.63, 3.8) is 0 Å². The summed E-state index contributed by atoms with van der Waals surface area (Å²) in [5.41, 5.74) is 3.20. The maximum absolute atomic E-state index is 10.5. The SMILES string of the molecule is CC(C)c1n[c]sc1C(=O)O. The van der Waals surface area contributed by atoms with Gasteiger partial charge in [0.05, 0.1) is 5.69 Å². The van der Waals surface area contributed by atoms with Crippen LogP contribution >= 0.6 is 11.3 Å². The van der Waals surface area contributed by atoms with Gasteiger partial charge in [-0.3, -0.25) is 0 Å². The molecule has 59 valence electrons. The average Bonchev–Trinajstić information content (AvgIpc) is 2.32. The lowest BCUT2D eigenvalue weighted by Gasteiger charge is -1.99. The summed E-state index contributed by atoms with van der Waals surface area (Å²) in [6, 6.07) is 0. The van der Waals surface area contributed by atoms with Gasteiger partial charge in [0.2, 0.25) is 0 Å². The number of carbonyl (C=O) groups is 1. The molecule has 3 nitrogen and oxygen atoms in total. The highest BCUT2D eigenvalue weighted by Crippen LogP contribution is 2.20. The minimum atomic E-state index is -0.910. The van der Waals surface area contributed by atoms with Gasteiger partial charge in [-0.05, 0) is 5.92 Å². The van der Waals surface area contributed by atoms with E-state index in [1.54, 1.807) is 0 Å². The van der Waals surface area contributed by atoms with E-state index >= 15 is 0 Å². The molecule has 0 aliphatic rings. The number of hydrogen-bond donors (Lipinski definition) is 1. The van der Waals surface area contributed by atoms with E-state index in [0.29, 0.717) is 10.6 Å². The minimum Gasteiger partial charge on any atom is -0.477 e. The molecular weight excluding hydrogens is 162 g/mol. The van der Waals surface area contributed by atoms with E-state index in [0.717, 1.165) is 11.3 Å². The van der Waals surface area contributed by atoms with Crippen LogP contribution in [0.2, 0.25) is 0 Å². The van der Waals surface area contributed by atoms with E-state index in [2.05, 4.69) is 10.5 Å². The van der Waals surface area contributed by atoms with Crippen LogP contribution in [0.15, 0.2) is 0 Å². The molecule has 1 aromatic heterocycles. The summed E-state index contributed by atoms with van der Waals surface area (Å²) >= 11 is 1.05. The van der Waals surface area contributed by atoms with Crippen LogP contribution in [-0.4, -0.2) is 16.1 Å². The quantitative estimate of drug-likeness (QED) is 0.735. The Balaban J connectivity index is 3.06. The summed E-state index contributed by atoms with van der Waals surface area (Å²) in [4.78, 5) is 14.7. The fourth-order valence-electron chi connectivity index (χ4n) is 0.765. The van der Waals surface area contributed by atoms with Crippen LogP contribution in [0.1, 0.15) is 35.1 Å². The van der Waals surface area contributed by atoms with Gasteiger partial charge in [0.25, 0.3) is 0 Å². The molecule has 4 heteroatoms. The molecule has 11 heavy (non-hydrogen) atoms. The van der Waals surface area contributed by atoms with Crippen LogP contribution in [0.25, 0.3) is 0 Å². The van der Waals surface area contributed by atoms with Crippen LogP contribution in [-0.2, 0) is 0 Å². The average molecular weight is 170 g/mol. The Labute approximate surface area is 68.7 Å². The summed E-state index contributed by atoms with van der Waals surface area (Å²) in [6.45, 7) is 3.82. The minimum absolute atomic E-state index is 0.156. The number of hydrogen-bond acceptors (Lipinski definition) is 3. The second-order valence-electron chi connectivity index (χ2n) is 2.48. The lowest BCUT2D eigenvalue weighted by molar-refractivity contribution is 0.0700. The molecule has 0 atom stereocenters. The number of carboxylic acid groups (broad SMARTS) is 1. The zero-order valence-corrected chi connectivity index (χ0v) is 7.10. The summed E-state index contributed by atoms with van der Waals surface area (Å²) in [5.74, 6) is -0.754. The van der Waals surface area contributed by atoms with Crippen molar-refractivity contribution in [1.82, 2.24) is 4.98 Å². The molecule has 0 spiro atoms. The molecule has 1 heterocycles. The zero-order chi connectivity index (χ0) is 8.43. The number of aromatic carboxylic acids is 1. The third-order valence-corrected chi connectivity index (χ3v) is 2.06. The second-order valence-corrected chi connectivity index (χ2v) is 3.27. The van der Waals surface area contributed by atoms with Crippen LogP contribution < -0.4 is 0 Å². The van der Waals surface area contributed by atoms with E-state index in [-0.39, 0.29) is 5.92 Å². The maximum Gasteiger partial charge on any atom is 0.347 e. The third-order valence-electron chi connectivity index (χ3n) is 1.29. The Morgan fingerprint density at radius 3 is 2.73 bits per heavy atom. The van der Waals surface area contributed by atoms with E-state index in [4.69, 9.17) is 5.11 Å². The largest absolute Gasteiger partial charge is 0.477 e. The van der Waals surface area contributed by atoms with Gasteiger partial charge in [0, 0.05) is 0 Å². The molecule has 0 aliphatic heterocycles. The Kier molecular flexibility index (Phi) is 2.24. The smallest absolute Gasteiger partial charge is 0.347 e. The van der Waals surface area contributed by atoms with E-state index < -0.39 is 5.97 Å². The molecule has 0 saturated heterocycles. The highest BCUT2D eigenvalue weighted by molar-refractivity contribution is 7.11. The monoisotopic (exact) mass is 170 g/mol. The lowest BCUT2D eigenvalue weighted by atomic mass is 10.1. The lowest BCUT2D eigenvalue weighted by Crippen LogP contribution is -2.00. The molecule has 0 aliphatic carbocycles. The number of thiazole rings is 1. The summed E-state index contributed by atoms with van der Waals surface area (Å²) in [7, 11) is 0. The maximum atomic E-state index is 10.5. The van der Waals surface area contributed by atoms with Crippen LogP contribution in [0.5, 0.6) is 0 Å². The Morgan fingerprint density at radius 2 is 2.36 bits per heavy atom. The van der Waals surface area contributed by atoms with Gasteiger partial charge in [-0.25, -0.2) is 9.78 Å². The molecule has 0 unspecified atom stereocenters. The van der Waals surface area contributed by atoms with Gasteiger partial charge in [-0.1, -0.05) is 13.8 Å². The Hall–Kier alpha value is -0.900. The molecule has 1 rings (SSSR count). The third kappa shape index (κ3) is 1.57. The first-order valence-corrected chi connectivity index (χ1v) is 4.04. The van der Waals surface area contributed by atoms with E-state index in [9.17, 15) is 4.79 Å². The topological polar surface area (TPSA) is 50.2 Å². The number of nitrogens with zero attached hydrogens (tertiary/aromatic N) is 1. The zero-order valence-electron chi connectivity index (χ0n) is 6.29. The van der Waals surface area contributed by atoms with Gasteiger partial charge >= 0.3 is 5.97 Å². The highest BCUT2D eigenvalue weighted by Gasteiger charge is 2.15. The second kappa shape index (κ2) is 3.00. The first kappa shape index (κ1) is 8.20. The van der Waals surface area contributed by atoms with Crippen LogP contribution in [0.4, 0.5) is 0 Å². The number of aromatic nitrogens is 1. The number of rotatable bonds is 2. The van der Waals surface area contributed by atoms with Gasteiger partial charge in [-0.15, -0.1) is 11.3 Å². The van der Waals surface area contributed by atoms with Crippen molar-refractivity contribution in [2.45, 2.75) is 19.8 Å². The molecule has 0 saturated carbocycles. The molecular formula is C7H8NO2S. The summed E-state index contributed by atoms with van der Waals surface area (Å²) in [6.07, 6.45) is 0. The molecule has 0 bridgehead atoms. The number of carboxylic acids is 1. The molecule has 1 N–H and O–H groups in total. The molecule has 1 aromatic rings. The van der Waals surface area contributed by atoms with Crippen molar-refractivity contribution in [2.75, 3.05) is 0 Å². The summed E-state index contributed by atoms with van der Waals surface area (Å²) in [5, 5.41) is 8.65. The molecule has 1 radical (unpaired) electrons. The Morgan fingerprint density at radius 1 is 1.73 bits per heavy atom. The van der Waals surface area contributed by atoms with Gasteiger partial charge in [-0.2, -0.15) is 0 Å². The van der Waals surface area contributed by atoms with E-state index in [1.807, 2.05) is 13.8 Å². The van der Waals surface area contributed by atoms with E-state index in [1.165, 1.54) is 0 Å². The van der Waals surface area contributed by atoms with Gasteiger partial charge < -0.3 is 5.11 Å². The fourth-order valence-corrected chi connectivity index (χ4v) is 1.47. The summed E-state index contributed by atoms with van der Waals surface area (Å²) < 4.78 is 0. The Bertz CT molecular complexity index is 267. The van der Waals surface area contributed by atoms with Crippen molar-refractivity contribution in [3.8, 4) is 0 Å². The predicted molar refractivity (Wildman–Crippen MR) is 42.0 cm³/mol. The van der Waals surface area contributed by atoms with Crippen molar-refractivity contribution in [3.05, 3.63) is 16.1 Å². The van der Waals surface area contributed by atoms with Crippen molar-refractivity contribution in [2.24, 2.45) is 0 Å². The van der Waals surface area contributed by atoms with Crippen molar-refractivity contribution >= 4 is 17.3 Å². The molecule has 0 aromatic carbocycles. The van der Waals surface area contributed by atoms with Crippen molar-refractivity contribution < 1.29 is 9.90 Å². The van der Waals surface area contributed by atoms with Crippen molar-refractivity contribution in [1.29, 1.82) is 0 Å². The molecule has 0 amide bonds. The molecule has 0 fully saturated rings. The normalized spacial score (nSPS) is 10.5. The first-order chi connectivity index (χ1) is 5.13. The van der Waals surface area contributed by atoms with Crippen LogP contribution in [0, 0.1) is 5.51 Å². The van der Waals surface area contributed by atoms with Crippen LogP contribution in [0.3, 0.4) is 0 Å². The fraction of sp³-hybridized carbons (Fsp3) is 0.429. The highest BCUT2D eigenvalue weighted by atomic mass is 32.1. The predicted octanol–water partition coefficient (Wildman–Crippen LogP) is 1.76. The standard InChI is InChI=1S/C7H8NO2S/c1-4(2)5-6(7(9)10)11-3-8-5/h4H,1-2H3,(H,9,10). The first-order valence-electron chi connectivity index (χ1n) is 3.23.